The minimum atomic E-state index is -0.0934. The number of urea groups is 1. The number of para-hydroxylation sites is 1. The second-order valence-electron chi connectivity index (χ2n) is 12.7. The van der Waals surface area contributed by atoms with Crippen molar-refractivity contribution in [3.63, 3.8) is 0 Å². The molecule has 0 spiro atoms. The highest BCUT2D eigenvalue weighted by Gasteiger charge is 2.38. The molecule has 4 aromatic carbocycles. The molecule has 43 heavy (non-hydrogen) atoms. The summed E-state index contributed by atoms with van der Waals surface area (Å²) in [5.41, 5.74) is 7.96. The minimum absolute atomic E-state index is 0.0549. The third kappa shape index (κ3) is 7.36. The Hall–Kier alpha value is -3.50. The van der Waals surface area contributed by atoms with E-state index in [0.717, 1.165) is 24.2 Å². The minimum Gasteiger partial charge on any atom is -0.307 e. The second-order valence-corrected chi connectivity index (χ2v) is 14.2. The van der Waals surface area contributed by atoms with Crippen molar-refractivity contribution in [1.82, 2.24) is 0 Å². The Kier molecular flexibility index (Phi) is 9.97. The van der Waals surface area contributed by atoms with Gasteiger partial charge in [0.05, 0.1) is 0 Å². The van der Waals surface area contributed by atoms with Gasteiger partial charge in [-0.1, -0.05) is 131 Å². The summed E-state index contributed by atoms with van der Waals surface area (Å²) < 4.78 is -0.0934. The molecule has 224 valence electrons. The van der Waals surface area contributed by atoms with Gasteiger partial charge in [0.1, 0.15) is 0 Å². The predicted octanol–water partition coefficient (Wildman–Crippen LogP) is 11.4. The lowest BCUT2D eigenvalue weighted by atomic mass is 9.87. The van der Waals surface area contributed by atoms with E-state index in [1.54, 1.807) is 0 Å². The van der Waals surface area contributed by atoms with E-state index in [1.165, 1.54) is 52.0 Å². The molecule has 0 atom stereocenters. The molecule has 1 fully saturated rings. The molecule has 4 heteroatoms. The Labute approximate surface area is 263 Å². The van der Waals surface area contributed by atoms with Gasteiger partial charge in [-0.15, -0.1) is 11.8 Å². The van der Waals surface area contributed by atoms with Gasteiger partial charge < -0.3 is 5.32 Å². The first-order valence-corrected chi connectivity index (χ1v) is 16.7. The van der Waals surface area contributed by atoms with Crippen molar-refractivity contribution in [1.29, 1.82) is 0 Å². The first-order chi connectivity index (χ1) is 20.8. The molecule has 1 N–H and O–H groups in total. The monoisotopic (exact) mass is 590 g/mol. The Morgan fingerprint density at radius 1 is 0.767 bits per heavy atom. The fourth-order valence-electron chi connectivity index (χ4n) is 6.30. The van der Waals surface area contributed by atoms with Crippen molar-refractivity contribution in [2.75, 3.05) is 16.8 Å². The van der Waals surface area contributed by atoms with Gasteiger partial charge in [0.15, 0.2) is 0 Å². The maximum absolute atomic E-state index is 14.5. The number of anilines is 2. The molecule has 3 nitrogen and oxygen atoms in total. The van der Waals surface area contributed by atoms with E-state index in [-0.39, 0.29) is 10.8 Å². The summed E-state index contributed by atoms with van der Waals surface area (Å²) in [4.78, 5) is 17.8. The first kappa shape index (κ1) is 30.9. The van der Waals surface area contributed by atoms with Gasteiger partial charge in [0.2, 0.25) is 0 Å². The molecule has 0 radical (unpaired) electrons. The molecule has 0 saturated heterocycles. The lowest BCUT2D eigenvalue weighted by Crippen LogP contribution is -2.47. The van der Waals surface area contributed by atoms with Crippen LogP contribution in [0.2, 0.25) is 0 Å². The van der Waals surface area contributed by atoms with E-state index in [4.69, 9.17) is 0 Å². The summed E-state index contributed by atoms with van der Waals surface area (Å²) >= 11 is 1.98. The fourth-order valence-corrected chi connectivity index (χ4v) is 7.89. The normalized spacial score (nSPS) is 14.6. The van der Waals surface area contributed by atoms with Crippen LogP contribution in [0.3, 0.4) is 0 Å². The number of carbonyl (C=O) groups is 1. The molecule has 0 aliphatic heterocycles. The van der Waals surface area contributed by atoms with Crippen LogP contribution >= 0.6 is 11.8 Å². The van der Waals surface area contributed by atoms with E-state index >= 15 is 0 Å². The van der Waals surface area contributed by atoms with Crippen molar-refractivity contribution >= 4 is 29.2 Å². The zero-order valence-electron chi connectivity index (χ0n) is 26.4. The lowest BCUT2D eigenvalue weighted by Gasteiger charge is -2.41. The molecular weight excluding hydrogens is 545 g/mol. The molecule has 0 unspecified atom stereocenters. The largest absolute Gasteiger partial charge is 0.326 e. The Morgan fingerprint density at radius 3 is 2.00 bits per heavy atom. The number of benzene rings is 4. The number of hydrogen-bond acceptors (Lipinski definition) is 2. The third-order valence-corrected chi connectivity index (χ3v) is 10.3. The number of carbonyl (C=O) groups excluding carboxylic acids is 1. The van der Waals surface area contributed by atoms with Crippen LogP contribution < -0.4 is 10.2 Å². The zero-order chi connectivity index (χ0) is 30.4. The van der Waals surface area contributed by atoms with Crippen LogP contribution in [-0.4, -0.2) is 17.3 Å². The molecule has 1 aliphatic rings. The Balaban J connectivity index is 1.54. The number of hydrogen-bond donors (Lipinski definition) is 1. The van der Waals surface area contributed by atoms with Crippen molar-refractivity contribution in [2.24, 2.45) is 0 Å². The number of rotatable bonds is 9. The standard InChI is InChI=1S/C39H46N2OS/c1-28(2)33-18-14-19-34(29(3)4)37(33)40-38(42)41(32-23-21-30(5)22-24-32)27-39(25-12-7-13-26-39)43-36-20-11-10-17-35(36)31-15-8-6-9-16-31/h6,8-11,14-24,28-29H,7,12-13,25-27H2,1-5H3,(H,40,42). The van der Waals surface area contributed by atoms with Crippen molar-refractivity contribution < 1.29 is 4.79 Å². The van der Waals surface area contributed by atoms with Crippen LogP contribution in [0.1, 0.15) is 88.3 Å². The third-order valence-electron chi connectivity index (χ3n) is 8.71. The van der Waals surface area contributed by atoms with E-state index in [9.17, 15) is 4.79 Å². The molecule has 1 saturated carbocycles. The Morgan fingerprint density at radius 2 is 1.37 bits per heavy atom. The van der Waals surface area contributed by atoms with Gasteiger partial charge in [-0.2, -0.15) is 0 Å². The molecule has 1 aliphatic carbocycles. The van der Waals surface area contributed by atoms with Crippen molar-refractivity contribution in [3.05, 3.63) is 114 Å². The van der Waals surface area contributed by atoms with Crippen LogP contribution in [0.4, 0.5) is 16.2 Å². The summed E-state index contributed by atoms with van der Waals surface area (Å²) in [5.74, 6) is 0.605. The van der Waals surface area contributed by atoms with Crippen molar-refractivity contribution in [2.45, 2.75) is 88.2 Å². The SMILES string of the molecule is Cc1ccc(N(CC2(Sc3ccccc3-c3ccccc3)CCCCC2)C(=O)Nc2c(C(C)C)cccc2C(C)C)cc1. The van der Waals surface area contributed by atoms with Gasteiger partial charge in [-0.25, -0.2) is 4.79 Å². The van der Waals surface area contributed by atoms with Gasteiger partial charge in [-0.3, -0.25) is 4.90 Å². The van der Waals surface area contributed by atoms with Crippen LogP contribution in [0.25, 0.3) is 11.1 Å². The van der Waals surface area contributed by atoms with Crippen LogP contribution in [0, 0.1) is 6.92 Å². The zero-order valence-corrected chi connectivity index (χ0v) is 27.2. The van der Waals surface area contributed by atoms with Gasteiger partial charge >= 0.3 is 6.03 Å². The summed E-state index contributed by atoms with van der Waals surface area (Å²) in [7, 11) is 0. The van der Waals surface area contributed by atoms with Gasteiger partial charge in [0, 0.05) is 27.6 Å². The summed E-state index contributed by atoms with van der Waals surface area (Å²) in [6, 6.07) is 34.2. The highest BCUT2D eigenvalue weighted by atomic mass is 32.2. The summed E-state index contributed by atoms with van der Waals surface area (Å²) in [6.07, 6.45) is 5.76. The summed E-state index contributed by atoms with van der Waals surface area (Å²) in [6.45, 7) is 11.5. The summed E-state index contributed by atoms with van der Waals surface area (Å²) in [5, 5.41) is 3.44. The Bertz CT molecular complexity index is 1480. The molecular formula is C39H46N2OS. The maximum atomic E-state index is 14.5. The van der Waals surface area contributed by atoms with Crippen LogP contribution in [-0.2, 0) is 0 Å². The number of nitrogens with zero attached hydrogens (tertiary/aromatic N) is 1. The average Bonchev–Trinajstić information content (AvgIpc) is 3.01. The topological polar surface area (TPSA) is 32.3 Å². The van der Waals surface area contributed by atoms with E-state index in [2.05, 4.69) is 137 Å². The molecule has 0 aromatic heterocycles. The number of aryl methyl sites for hydroxylation is 1. The van der Waals surface area contributed by atoms with E-state index in [1.807, 2.05) is 16.7 Å². The fraction of sp³-hybridized carbons (Fsp3) is 0.359. The van der Waals surface area contributed by atoms with Gasteiger partial charge in [0.25, 0.3) is 0 Å². The number of thioether (sulfide) groups is 1. The van der Waals surface area contributed by atoms with E-state index in [0.29, 0.717) is 18.4 Å². The quantitative estimate of drug-likeness (QED) is 0.210. The van der Waals surface area contributed by atoms with Crippen LogP contribution in [0.15, 0.2) is 102 Å². The maximum Gasteiger partial charge on any atom is 0.326 e. The molecule has 0 heterocycles. The van der Waals surface area contributed by atoms with Crippen LogP contribution in [0.5, 0.6) is 0 Å². The molecule has 5 rings (SSSR count). The highest BCUT2D eigenvalue weighted by molar-refractivity contribution is 8.00. The highest BCUT2D eigenvalue weighted by Crippen LogP contribution is 2.48. The van der Waals surface area contributed by atoms with Gasteiger partial charge in [-0.05, 0) is 72.1 Å². The van der Waals surface area contributed by atoms with E-state index < -0.39 is 0 Å². The predicted molar refractivity (Wildman–Crippen MR) is 186 cm³/mol. The average molecular weight is 591 g/mol. The first-order valence-electron chi connectivity index (χ1n) is 15.9. The lowest BCUT2D eigenvalue weighted by molar-refractivity contribution is 0.255. The second kappa shape index (κ2) is 13.9. The molecule has 2 amide bonds. The number of nitrogens with one attached hydrogen (secondary N) is 1. The van der Waals surface area contributed by atoms with Crippen molar-refractivity contribution in [3.8, 4) is 11.1 Å². The molecule has 0 bridgehead atoms. The smallest absolute Gasteiger partial charge is 0.307 e. The molecule has 4 aromatic rings. The number of amides is 2.